The molecule has 0 saturated carbocycles. The van der Waals surface area contributed by atoms with E-state index in [0.29, 0.717) is 20.8 Å². The fourth-order valence-electron chi connectivity index (χ4n) is 1.88. The van der Waals surface area contributed by atoms with Crippen LogP contribution < -0.4 is 15.4 Å². The van der Waals surface area contributed by atoms with E-state index in [1.165, 1.54) is 0 Å². The summed E-state index contributed by atoms with van der Waals surface area (Å²) < 4.78 is 5.83. The van der Waals surface area contributed by atoms with Crippen LogP contribution in [0.1, 0.15) is 15.9 Å². The van der Waals surface area contributed by atoms with Crippen molar-refractivity contribution >= 4 is 56.5 Å². The Labute approximate surface area is 153 Å². The van der Waals surface area contributed by atoms with Crippen LogP contribution in [0.4, 0.5) is 5.69 Å². The molecular formula is C16H14BrClN2O2S. The summed E-state index contributed by atoms with van der Waals surface area (Å²) in [6, 6.07) is 10.5. The van der Waals surface area contributed by atoms with Crippen molar-refractivity contribution in [3.8, 4) is 5.75 Å². The Balaban J connectivity index is 2.06. The van der Waals surface area contributed by atoms with Crippen LogP contribution in [-0.2, 0) is 0 Å². The Morgan fingerprint density at radius 3 is 2.70 bits per heavy atom. The van der Waals surface area contributed by atoms with Crippen LogP contribution in [0.3, 0.4) is 0 Å². The number of carbonyl (C=O) groups is 1. The van der Waals surface area contributed by atoms with E-state index in [4.69, 9.17) is 28.6 Å². The third-order valence-electron chi connectivity index (χ3n) is 3.16. The van der Waals surface area contributed by atoms with Crippen LogP contribution in [0.25, 0.3) is 0 Å². The van der Waals surface area contributed by atoms with Gasteiger partial charge in [-0.2, -0.15) is 0 Å². The summed E-state index contributed by atoms with van der Waals surface area (Å²) >= 11 is 14.6. The van der Waals surface area contributed by atoms with Gasteiger partial charge in [-0.1, -0.05) is 17.7 Å². The van der Waals surface area contributed by atoms with Crippen molar-refractivity contribution in [1.82, 2.24) is 5.32 Å². The van der Waals surface area contributed by atoms with Crippen LogP contribution in [0.15, 0.2) is 40.9 Å². The summed E-state index contributed by atoms with van der Waals surface area (Å²) in [7, 11) is 1.56. The summed E-state index contributed by atoms with van der Waals surface area (Å²) in [6.07, 6.45) is 0. The second-order valence-electron chi connectivity index (χ2n) is 4.67. The molecule has 0 fully saturated rings. The molecule has 0 unspecified atom stereocenters. The lowest BCUT2D eigenvalue weighted by Crippen LogP contribution is -2.34. The van der Waals surface area contributed by atoms with Crippen molar-refractivity contribution in [2.24, 2.45) is 0 Å². The summed E-state index contributed by atoms with van der Waals surface area (Å²) in [5.41, 5.74) is 2.07. The van der Waals surface area contributed by atoms with Gasteiger partial charge in [-0.05, 0) is 71.0 Å². The second-order valence-corrected chi connectivity index (χ2v) is 6.34. The summed E-state index contributed by atoms with van der Waals surface area (Å²) in [5.74, 6) is 0.335. The average Bonchev–Trinajstić information content (AvgIpc) is 2.51. The van der Waals surface area contributed by atoms with Crippen molar-refractivity contribution in [1.29, 1.82) is 0 Å². The SMILES string of the molecule is COc1ccc(C(=O)NC(=S)Nc2cccc(Cl)c2C)cc1Br. The maximum atomic E-state index is 12.2. The average molecular weight is 414 g/mol. The molecule has 0 saturated heterocycles. The highest BCUT2D eigenvalue weighted by Crippen LogP contribution is 2.25. The Hall–Kier alpha value is -1.63. The first-order valence-electron chi connectivity index (χ1n) is 6.63. The highest BCUT2D eigenvalue weighted by Gasteiger charge is 2.11. The van der Waals surface area contributed by atoms with Crippen LogP contribution in [-0.4, -0.2) is 18.1 Å². The summed E-state index contributed by atoms with van der Waals surface area (Å²) in [5, 5.41) is 6.43. The van der Waals surface area contributed by atoms with Gasteiger partial charge < -0.3 is 10.1 Å². The van der Waals surface area contributed by atoms with Gasteiger partial charge in [-0.25, -0.2) is 0 Å². The maximum absolute atomic E-state index is 12.2. The van der Waals surface area contributed by atoms with E-state index in [1.807, 2.05) is 19.1 Å². The van der Waals surface area contributed by atoms with Gasteiger partial charge in [0.15, 0.2) is 5.11 Å². The summed E-state index contributed by atoms with van der Waals surface area (Å²) in [6.45, 7) is 1.87. The first-order valence-corrected chi connectivity index (χ1v) is 8.21. The molecule has 0 bridgehead atoms. The number of amides is 1. The van der Waals surface area contributed by atoms with Crippen LogP contribution >= 0.6 is 39.7 Å². The monoisotopic (exact) mass is 412 g/mol. The van der Waals surface area contributed by atoms with Crippen molar-refractivity contribution in [2.45, 2.75) is 6.92 Å². The number of ether oxygens (including phenoxy) is 1. The van der Waals surface area contributed by atoms with E-state index >= 15 is 0 Å². The number of carbonyl (C=O) groups excluding carboxylic acids is 1. The molecule has 0 radical (unpaired) electrons. The van der Waals surface area contributed by atoms with E-state index in [1.54, 1.807) is 31.4 Å². The number of hydrogen-bond donors (Lipinski definition) is 2. The number of halogens is 2. The molecular weight excluding hydrogens is 400 g/mol. The minimum atomic E-state index is -0.314. The molecule has 0 atom stereocenters. The fourth-order valence-corrected chi connectivity index (χ4v) is 2.80. The molecule has 0 aliphatic carbocycles. The zero-order valence-corrected chi connectivity index (χ0v) is 15.6. The number of benzene rings is 2. The van der Waals surface area contributed by atoms with Gasteiger partial charge in [0.25, 0.3) is 5.91 Å². The normalized spacial score (nSPS) is 10.1. The van der Waals surface area contributed by atoms with Crippen molar-refractivity contribution in [3.63, 3.8) is 0 Å². The number of thiocarbonyl (C=S) groups is 1. The van der Waals surface area contributed by atoms with Crippen LogP contribution in [0, 0.1) is 6.92 Å². The highest BCUT2D eigenvalue weighted by molar-refractivity contribution is 9.10. The largest absolute Gasteiger partial charge is 0.496 e. The zero-order valence-electron chi connectivity index (χ0n) is 12.4. The Kier molecular flexibility index (Phi) is 5.98. The maximum Gasteiger partial charge on any atom is 0.257 e. The molecule has 0 heterocycles. The number of hydrogen-bond acceptors (Lipinski definition) is 3. The van der Waals surface area contributed by atoms with E-state index in [0.717, 1.165) is 11.3 Å². The van der Waals surface area contributed by atoms with Crippen LogP contribution in [0.5, 0.6) is 5.75 Å². The topological polar surface area (TPSA) is 50.4 Å². The molecule has 2 aromatic carbocycles. The van der Waals surface area contributed by atoms with Gasteiger partial charge in [-0.15, -0.1) is 0 Å². The Morgan fingerprint density at radius 2 is 2.04 bits per heavy atom. The molecule has 0 spiro atoms. The second kappa shape index (κ2) is 7.77. The quantitative estimate of drug-likeness (QED) is 0.725. The zero-order chi connectivity index (χ0) is 17.0. The van der Waals surface area contributed by atoms with Gasteiger partial charge in [0.1, 0.15) is 5.75 Å². The molecule has 2 N–H and O–H groups in total. The number of anilines is 1. The van der Waals surface area contributed by atoms with E-state index in [-0.39, 0.29) is 11.0 Å². The van der Waals surface area contributed by atoms with Gasteiger partial charge in [0, 0.05) is 16.3 Å². The minimum Gasteiger partial charge on any atom is -0.496 e. The van der Waals surface area contributed by atoms with E-state index < -0.39 is 0 Å². The minimum absolute atomic E-state index is 0.201. The smallest absolute Gasteiger partial charge is 0.257 e. The molecule has 0 aliphatic rings. The van der Waals surface area contributed by atoms with E-state index in [2.05, 4.69) is 26.6 Å². The van der Waals surface area contributed by atoms with Gasteiger partial charge in [-0.3, -0.25) is 10.1 Å². The summed E-state index contributed by atoms with van der Waals surface area (Å²) in [4.78, 5) is 12.2. The molecule has 2 rings (SSSR count). The van der Waals surface area contributed by atoms with Gasteiger partial charge in [0.05, 0.1) is 11.6 Å². The predicted octanol–water partition coefficient (Wildman–Crippen LogP) is 4.55. The molecule has 2 aromatic rings. The predicted molar refractivity (Wildman–Crippen MR) is 101 cm³/mol. The highest BCUT2D eigenvalue weighted by atomic mass is 79.9. The van der Waals surface area contributed by atoms with Crippen molar-refractivity contribution in [2.75, 3.05) is 12.4 Å². The first kappa shape index (κ1) is 17.7. The third-order valence-corrected chi connectivity index (χ3v) is 4.39. The molecule has 4 nitrogen and oxygen atoms in total. The standard InChI is InChI=1S/C16H14BrClN2O2S/c1-9-12(18)4-3-5-13(9)19-16(23)20-15(21)10-6-7-14(22-2)11(17)8-10/h3-8H,1-2H3,(H2,19,20,21,23). The van der Waals surface area contributed by atoms with Gasteiger partial charge in [0.2, 0.25) is 0 Å². The lowest BCUT2D eigenvalue weighted by molar-refractivity contribution is 0.0977. The molecule has 23 heavy (non-hydrogen) atoms. The van der Waals surface area contributed by atoms with Crippen molar-refractivity contribution < 1.29 is 9.53 Å². The van der Waals surface area contributed by atoms with E-state index in [9.17, 15) is 4.79 Å². The number of methoxy groups -OCH3 is 1. The number of nitrogens with one attached hydrogen (secondary N) is 2. The molecule has 0 aliphatic heterocycles. The Bertz CT molecular complexity index is 768. The lowest BCUT2D eigenvalue weighted by Gasteiger charge is -2.13. The van der Waals surface area contributed by atoms with Crippen molar-refractivity contribution in [3.05, 3.63) is 57.0 Å². The fraction of sp³-hybridized carbons (Fsp3) is 0.125. The van der Waals surface area contributed by atoms with Crippen LogP contribution in [0.2, 0.25) is 5.02 Å². The lowest BCUT2D eigenvalue weighted by atomic mass is 10.2. The number of rotatable bonds is 3. The molecule has 120 valence electrons. The molecule has 7 heteroatoms. The Morgan fingerprint density at radius 1 is 1.30 bits per heavy atom. The first-order chi connectivity index (χ1) is 10.9. The van der Waals surface area contributed by atoms with Gasteiger partial charge >= 0.3 is 0 Å². The third kappa shape index (κ3) is 4.43. The molecule has 0 aromatic heterocycles. The molecule has 1 amide bonds.